The van der Waals surface area contributed by atoms with E-state index < -0.39 is 28.7 Å². The molecule has 0 spiro atoms. The first kappa shape index (κ1) is 30.5. The zero-order chi connectivity index (χ0) is 29.0. The summed E-state index contributed by atoms with van der Waals surface area (Å²) in [6.07, 6.45) is 3.14. The fourth-order valence-corrected chi connectivity index (χ4v) is 5.57. The standard InChI is InChI=1S/C25H25BrF2N3O6PS/c1-39(36,37)21-8-6-19(7-9-21)24(14-30-13-17-3-2-4-20(29)11-17)31(16-32)15-18-5-10-22(23(26)12-18)25(27,28)38(33,34)35/h2-12,14,16,30H,13,15,29H2,1H3,(H2,33,34,35)/b24-14-. The van der Waals surface area contributed by atoms with Crippen molar-refractivity contribution in [2.45, 2.75) is 23.6 Å². The lowest BCUT2D eigenvalue weighted by Crippen LogP contribution is -2.22. The Balaban J connectivity index is 1.96. The molecular formula is C25H25BrF2N3O6PS. The van der Waals surface area contributed by atoms with E-state index in [0.29, 0.717) is 35.5 Å². The molecule has 0 aliphatic carbocycles. The number of nitrogens with two attached hydrogens (primary N) is 1. The van der Waals surface area contributed by atoms with Gasteiger partial charge in [0, 0.05) is 34.7 Å². The number of nitrogen functional groups attached to an aromatic ring is 1. The molecule has 0 aliphatic rings. The third kappa shape index (κ3) is 7.52. The van der Waals surface area contributed by atoms with Crippen LogP contribution in [0, 0.1) is 0 Å². The number of anilines is 1. The van der Waals surface area contributed by atoms with E-state index in [-0.39, 0.29) is 15.9 Å². The first-order valence-electron chi connectivity index (χ1n) is 11.2. The smallest absolute Gasteiger partial charge is 0.399 e. The maximum atomic E-state index is 14.2. The molecule has 9 nitrogen and oxygen atoms in total. The topological polar surface area (TPSA) is 150 Å². The maximum Gasteiger partial charge on any atom is 0.399 e. The molecule has 3 aromatic carbocycles. The number of nitrogens with zero attached hydrogens (tertiary/aromatic N) is 1. The summed E-state index contributed by atoms with van der Waals surface area (Å²) < 4.78 is 63.2. The lowest BCUT2D eigenvalue weighted by Gasteiger charge is -2.23. The molecule has 39 heavy (non-hydrogen) atoms. The molecule has 0 atom stereocenters. The van der Waals surface area contributed by atoms with Crippen molar-refractivity contribution in [3.05, 3.63) is 99.7 Å². The molecule has 0 aromatic heterocycles. The number of alkyl halides is 2. The lowest BCUT2D eigenvalue weighted by molar-refractivity contribution is -0.115. The van der Waals surface area contributed by atoms with Crippen LogP contribution in [0.2, 0.25) is 0 Å². The van der Waals surface area contributed by atoms with Gasteiger partial charge in [-0.05, 0) is 47.0 Å². The second-order valence-corrected chi connectivity index (χ2v) is 13.1. The number of nitrogens with one attached hydrogen (secondary N) is 1. The summed E-state index contributed by atoms with van der Waals surface area (Å²) in [7, 11) is -9.24. The Labute approximate surface area is 232 Å². The molecule has 208 valence electrons. The molecule has 0 aliphatic heterocycles. The predicted octanol–water partition coefficient (Wildman–Crippen LogP) is 4.41. The van der Waals surface area contributed by atoms with Crippen LogP contribution in [-0.2, 0) is 37.9 Å². The normalized spacial score (nSPS) is 12.7. The molecule has 3 aromatic rings. The largest absolute Gasteiger partial charge is 0.399 e. The number of hydrogen-bond acceptors (Lipinski definition) is 6. The van der Waals surface area contributed by atoms with Crippen molar-refractivity contribution in [2.24, 2.45) is 0 Å². The summed E-state index contributed by atoms with van der Waals surface area (Å²) in [5.41, 5.74) is 3.14. The minimum atomic E-state index is -5.78. The molecule has 0 saturated carbocycles. The van der Waals surface area contributed by atoms with Crippen LogP contribution < -0.4 is 11.1 Å². The van der Waals surface area contributed by atoms with Crippen molar-refractivity contribution in [1.29, 1.82) is 0 Å². The van der Waals surface area contributed by atoms with Gasteiger partial charge >= 0.3 is 13.3 Å². The Kier molecular flexibility index (Phi) is 9.35. The van der Waals surface area contributed by atoms with Crippen molar-refractivity contribution in [2.75, 3.05) is 12.0 Å². The van der Waals surface area contributed by atoms with Crippen LogP contribution in [0.3, 0.4) is 0 Å². The molecule has 3 rings (SSSR count). The second kappa shape index (κ2) is 12.0. The predicted molar refractivity (Wildman–Crippen MR) is 147 cm³/mol. The monoisotopic (exact) mass is 643 g/mol. The average molecular weight is 644 g/mol. The number of benzene rings is 3. The van der Waals surface area contributed by atoms with Crippen LogP contribution in [0.25, 0.3) is 5.70 Å². The highest BCUT2D eigenvalue weighted by atomic mass is 79.9. The van der Waals surface area contributed by atoms with E-state index in [2.05, 4.69) is 21.2 Å². The highest BCUT2D eigenvalue weighted by Gasteiger charge is 2.51. The van der Waals surface area contributed by atoms with E-state index in [9.17, 15) is 26.6 Å². The molecular weight excluding hydrogens is 619 g/mol. The first-order chi connectivity index (χ1) is 18.1. The SMILES string of the molecule is CS(=O)(=O)c1ccc(/C(=C/NCc2cccc(N)c2)N(C=O)Cc2ccc(C(F)(F)P(=O)(O)O)c(Br)c2)cc1. The fourth-order valence-electron chi connectivity index (χ4n) is 3.61. The molecule has 0 radical (unpaired) electrons. The van der Waals surface area contributed by atoms with Crippen molar-refractivity contribution in [1.82, 2.24) is 10.2 Å². The average Bonchev–Trinajstić information content (AvgIpc) is 2.84. The van der Waals surface area contributed by atoms with Gasteiger partial charge in [-0.25, -0.2) is 8.42 Å². The van der Waals surface area contributed by atoms with Crippen LogP contribution in [0.4, 0.5) is 14.5 Å². The van der Waals surface area contributed by atoms with Crippen molar-refractivity contribution in [3.8, 4) is 0 Å². The van der Waals surface area contributed by atoms with Crippen molar-refractivity contribution >= 4 is 51.2 Å². The van der Waals surface area contributed by atoms with Crippen LogP contribution in [0.1, 0.15) is 22.3 Å². The van der Waals surface area contributed by atoms with E-state index in [1.807, 2.05) is 6.07 Å². The van der Waals surface area contributed by atoms with Gasteiger partial charge in [-0.3, -0.25) is 9.36 Å². The van der Waals surface area contributed by atoms with Gasteiger partial charge in [-0.15, -0.1) is 0 Å². The summed E-state index contributed by atoms with van der Waals surface area (Å²) in [5.74, 6) is 0. The van der Waals surface area contributed by atoms with Gasteiger partial charge in [0.05, 0.1) is 17.1 Å². The zero-order valence-corrected chi connectivity index (χ0v) is 23.8. The summed E-state index contributed by atoms with van der Waals surface area (Å²) in [4.78, 5) is 31.6. The Bertz CT molecular complexity index is 1550. The lowest BCUT2D eigenvalue weighted by atomic mass is 10.1. The second-order valence-electron chi connectivity index (χ2n) is 8.58. The summed E-state index contributed by atoms with van der Waals surface area (Å²) in [6, 6.07) is 16.3. The van der Waals surface area contributed by atoms with Gasteiger partial charge in [0.2, 0.25) is 6.41 Å². The van der Waals surface area contributed by atoms with Crippen LogP contribution in [-0.4, -0.2) is 35.8 Å². The molecule has 0 heterocycles. The minimum absolute atomic E-state index is 0.0847. The third-order valence-electron chi connectivity index (χ3n) is 5.59. The van der Waals surface area contributed by atoms with Gasteiger partial charge in [0.15, 0.2) is 9.84 Å². The molecule has 14 heteroatoms. The quantitative estimate of drug-likeness (QED) is 0.136. The molecule has 0 bridgehead atoms. The Morgan fingerprint density at radius 1 is 1.10 bits per heavy atom. The molecule has 0 saturated heterocycles. The minimum Gasteiger partial charge on any atom is -0.399 e. The summed E-state index contributed by atoms with van der Waals surface area (Å²) in [6.45, 7) is 0.240. The van der Waals surface area contributed by atoms with E-state index in [1.165, 1.54) is 41.3 Å². The van der Waals surface area contributed by atoms with E-state index in [0.717, 1.165) is 17.9 Å². The van der Waals surface area contributed by atoms with Crippen molar-refractivity contribution in [3.63, 3.8) is 0 Å². The third-order valence-corrected chi connectivity index (χ3v) is 8.34. The number of sulfone groups is 1. The van der Waals surface area contributed by atoms with Crippen LogP contribution >= 0.6 is 23.5 Å². The Morgan fingerprint density at radius 3 is 2.31 bits per heavy atom. The number of halogens is 3. The molecule has 5 N–H and O–H groups in total. The van der Waals surface area contributed by atoms with Gasteiger partial charge < -0.3 is 25.7 Å². The Morgan fingerprint density at radius 2 is 1.77 bits per heavy atom. The van der Waals surface area contributed by atoms with Gasteiger partial charge in [-0.1, -0.05) is 52.3 Å². The first-order valence-corrected chi connectivity index (χ1v) is 15.5. The number of amides is 1. The van der Waals surface area contributed by atoms with Crippen molar-refractivity contribution < 1.29 is 36.3 Å². The number of carbonyl (C=O) groups excluding carboxylic acids is 1. The van der Waals surface area contributed by atoms with Gasteiger partial charge in [-0.2, -0.15) is 8.78 Å². The number of hydrogen-bond donors (Lipinski definition) is 4. The van der Waals surface area contributed by atoms with E-state index in [4.69, 9.17) is 15.5 Å². The molecule has 0 fully saturated rings. The van der Waals surface area contributed by atoms with Gasteiger partial charge in [0.1, 0.15) is 0 Å². The maximum absolute atomic E-state index is 14.2. The number of rotatable bonds is 11. The van der Waals surface area contributed by atoms with E-state index in [1.54, 1.807) is 24.4 Å². The molecule has 0 unspecified atom stereocenters. The van der Waals surface area contributed by atoms with Crippen LogP contribution in [0.5, 0.6) is 0 Å². The fraction of sp³-hybridized carbons (Fsp3) is 0.160. The summed E-state index contributed by atoms with van der Waals surface area (Å²) in [5, 5.41) is 3.10. The van der Waals surface area contributed by atoms with Gasteiger partial charge in [0.25, 0.3) is 0 Å². The van der Waals surface area contributed by atoms with E-state index >= 15 is 0 Å². The zero-order valence-electron chi connectivity index (χ0n) is 20.5. The Hall–Kier alpha value is -3.09. The molecule has 1 amide bonds. The summed E-state index contributed by atoms with van der Waals surface area (Å²) >= 11 is 2.95. The van der Waals surface area contributed by atoms with Crippen LogP contribution in [0.15, 0.2) is 82.3 Å². The highest BCUT2D eigenvalue weighted by Crippen LogP contribution is 2.60. The number of carbonyl (C=O) groups is 1. The highest BCUT2D eigenvalue weighted by molar-refractivity contribution is 9.10.